The van der Waals surface area contributed by atoms with E-state index in [1.54, 1.807) is 0 Å². The number of nitrogens with two attached hydrogens (primary N) is 1. The number of nitrogens with zero attached hydrogens (tertiary/aromatic N) is 1. The lowest BCUT2D eigenvalue weighted by Gasteiger charge is -2.17. The van der Waals surface area contributed by atoms with Crippen LogP contribution >= 0.6 is 12.4 Å². The van der Waals surface area contributed by atoms with E-state index in [9.17, 15) is 4.79 Å². The number of carbonyl (C=O) groups is 1. The number of likely N-dealkylation sites (tertiary alicyclic amines) is 1. The van der Waals surface area contributed by atoms with E-state index in [4.69, 9.17) is 5.73 Å². The van der Waals surface area contributed by atoms with E-state index in [0.29, 0.717) is 17.2 Å². The zero-order valence-corrected chi connectivity index (χ0v) is 10.5. The number of amides is 1. The number of carbonyl (C=O) groups excluding carboxylic acids is 1. The molecule has 3 aliphatic rings. The van der Waals surface area contributed by atoms with Gasteiger partial charge in [0.1, 0.15) is 0 Å². The van der Waals surface area contributed by atoms with E-state index in [2.05, 4.69) is 0 Å². The maximum Gasteiger partial charge on any atom is 0.226 e. The van der Waals surface area contributed by atoms with Crippen molar-refractivity contribution in [3.8, 4) is 0 Å². The fraction of sp³-hybridized carbons (Fsp3) is 0.917. The Labute approximate surface area is 103 Å². The molecule has 3 rings (SSSR count). The molecule has 1 unspecified atom stereocenters. The molecule has 1 spiro atoms. The second-order valence-corrected chi connectivity index (χ2v) is 5.66. The van der Waals surface area contributed by atoms with Crippen LogP contribution in [0.4, 0.5) is 0 Å². The van der Waals surface area contributed by atoms with Crippen molar-refractivity contribution in [3.63, 3.8) is 0 Å². The van der Waals surface area contributed by atoms with E-state index in [1.807, 2.05) is 4.90 Å². The molecule has 0 aromatic heterocycles. The first-order valence-electron chi connectivity index (χ1n) is 6.26. The van der Waals surface area contributed by atoms with Crippen LogP contribution in [0.2, 0.25) is 0 Å². The van der Waals surface area contributed by atoms with E-state index in [1.165, 1.54) is 25.7 Å². The summed E-state index contributed by atoms with van der Waals surface area (Å²) in [5.41, 5.74) is 6.28. The van der Waals surface area contributed by atoms with E-state index in [-0.39, 0.29) is 18.4 Å². The van der Waals surface area contributed by atoms with Crippen molar-refractivity contribution in [2.24, 2.45) is 17.1 Å². The number of halogens is 1. The molecule has 0 bridgehead atoms. The van der Waals surface area contributed by atoms with Gasteiger partial charge in [0.05, 0.1) is 0 Å². The molecule has 2 atom stereocenters. The fourth-order valence-corrected chi connectivity index (χ4v) is 3.54. The van der Waals surface area contributed by atoms with Gasteiger partial charge in [-0.2, -0.15) is 0 Å². The molecule has 0 radical (unpaired) electrons. The van der Waals surface area contributed by atoms with Crippen LogP contribution in [0.1, 0.15) is 38.5 Å². The Morgan fingerprint density at radius 1 is 1.31 bits per heavy atom. The molecule has 4 heteroatoms. The molecular formula is C12H21ClN2O. The van der Waals surface area contributed by atoms with Crippen LogP contribution in [-0.4, -0.2) is 29.9 Å². The minimum Gasteiger partial charge on any atom is -0.341 e. The molecule has 1 amide bonds. The maximum atomic E-state index is 12.2. The van der Waals surface area contributed by atoms with Gasteiger partial charge in [0, 0.05) is 25.0 Å². The number of hydrogen-bond donors (Lipinski definition) is 1. The Kier molecular flexibility index (Phi) is 3.19. The van der Waals surface area contributed by atoms with Crippen LogP contribution in [0.3, 0.4) is 0 Å². The molecular weight excluding hydrogens is 224 g/mol. The van der Waals surface area contributed by atoms with Gasteiger partial charge in [-0.25, -0.2) is 0 Å². The van der Waals surface area contributed by atoms with Crippen molar-refractivity contribution in [3.05, 3.63) is 0 Å². The summed E-state index contributed by atoms with van der Waals surface area (Å²) >= 11 is 0. The predicted octanol–water partition coefficient (Wildman–Crippen LogP) is 1.55. The van der Waals surface area contributed by atoms with Gasteiger partial charge in [-0.1, -0.05) is 12.8 Å². The Hall–Kier alpha value is -0.280. The highest BCUT2D eigenvalue weighted by molar-refractivity contribution is 5.85. The summed E-state index contributed by atoms with van der Waals surface area (Å²) in [4.78, 5) is 14.2. The van der Waals surface area contributed by atoms with E-state index in [0.717, 1.165) is 25.9 Å². The lowest BCUT2D eigenvalue weighted by molar-refractivity contribution is -0.132. The Bertz CT molecular complexity index is 289. The lowest BCUT2D eigenvalue weighted by atomic mass is 10.0. The highest BCUT2D eigenvalue weighted by Gasteiger charge is 2.59. The number of hydrogen-bond acceptors (Lipinski definition) is 2. The first kappa shape index (κ1) is 12.2. The van der Waals surface area contributed by atoms with Gasteiger partial charge >= 0.3 is 0 Å². The van der Waals surface area contributed by atoms with Crippen molar-refractivity contribution in [2.75, 3.05) is 13.1 Å². The quantitative estimate of drug-likeness (QED) is 0.761. The summed E-state index contributed by atoms with van der Waals surface area (Å²) in [6.07, 6.45) is 7.42. The van der Waals surface area contributed by atoms with Gasteiger partial charge in [0.25, 0.3) is 0 Å². The first-order valence-corrected chi connectivity index (χ1v) is 6.26. The van der Waals surface area contributed by atoms with Crippen LogP contribution in [-0.2, 0) is 4.79 Å². The SMILES string of the molecule is Cl.N[C@@H]1CCN(C(=O)C2CC23CCCC3)C1. The van der Waals surface area contributed by atoms with Gasteiger partial charge in [0.15, 0.2) is 0 Å². The van der Waals surface area contributed by atoms with Crippen molar-refractivity contribution in [2.45, 2.75) is 44.6 Å². The average Bonchev–Trinajstić information content (AvgIpc) is 2.60. The molecule has 3 nitrogen and oxygen atoms in total. The third kappa shape index (κ3) is 1.84. The van der Waals surface area contributed by atoms with Crippen LogP contribution in [0.5, 0.6) is 0 Å². The average molecular weight is 245 g/mol. The maximum absolute atomic E-state index is 12.2. The van der Waals surface area contributed by atoms with Gasteiger partial charge in [-0.05, 0) is 31.1 Å². The molecule has 1 heterocycles. The molecule has 3 fully saturated rings. The van der Waals surface area contributed by atoms with Crippen LogP contribution in [0.15, 0.2) is 0 Å². The largest absolute Gasteiger partial charge is 0.341 e. The Morgan fingerprint density at radius 2 is 2.00 bits per heavy atom. The number of rotatable bonds is 1. The lowest BCUT2D eigenvalue weighted by Crippen LogP contribution is -2.34. The summed E-state index contributed by atoms with van der Waals surface area (Å²) < 4.78 is 0. The topological polar surface area (TPSA) is 46.3 Å². The molecule has 2 N–H and O–H groups in total. The highest BCUT2D eigenvalue weighted by Crippen LogP contribution is 2.63. The molecule has 1 saturated heterocycles. The minimum absolute atomic E-state index is 0. The fourth-order valence-electron chi connectivity index (χ4n) is 3.54. The van der Waals surface area contributed by atoms with E-state index < -0.39 is 0 Å². The summed E-state index contributed by atoms with van der Waals surface area (Å²) in [5.74, 6) is 0.773. The van der Waals surface area contributed by atoms with Crippen LogP contribution < -0.4 is 5.73 Å². The van der Waals surface area contributed by atoms with Crippen LogP contribution in [0, 0.1) is 11.3 Å². The Morgan fingerprint density at radius 3 is 2.56 bits per heavy atom. The predicted molar refractivity (Wildman–Crippen MR) is 65.4 cm³/mol. The van der Waals surface area contributed by atoms with Gasteiger partial charge in [-0.3, -0.25) is 4.79 Å². The minimum atomic E-state index is 0. The molecule has 92 valence electrons. The third-order valence-corrected chi connectivity index (χ3v) is 4.62. The summed E-state index contributed by atoms with van der Waals surface area (Å²) in [6.45, 7) is 1.69. The van der Waals surface area contributed by atoms with Crippen molar-refractivity contribution >= 4 is 18.3 Å². The van der Waals surface area contributed by atoms with Crippen molar-refractivity contribution in [1.29, 1.82) is 0 Å². The van der Waals surface area contributed by atoms with Crippen molar-refractivity contribution < 1.29 is 4.79 Å². The molecule has 2 aliphatic carbocycles. The normalized spacial score (nSPS) is 35.2. The summed E-state index contributed by atoms with van der Waals surface area (Å²) in [5, 5.41) is 0. The third-order valence-electron chi connectivity index (χ3n) is 4.62. The van der Waals surface area contributed by atoms with Crippen LogP contribution in [0.25, 0.3) is 0 Å². The molecule has 0 aromatic carbocycles. The summed E-state index contributed by atoms with van der Waals surface area (Å²) in [7, 11) is 0. The second kappa shape index (κ2) is 4.19. The molecule has 2 saturated carbocycles. The second-order valence-electron chi connectivity index (χ2n) is 5.66. The molecule has 1 aliphatic heterocycles. The van der Waals surface area contributed by atoms with Gasteiger partial charge in [0.2, 0.25) is 5.91 Å². The summed E-state index contributed by atoms with van der Waals surface area (Å²) in [6, 6.07) is 0.229. The van der Waals surface area contributed by atoms with E-state index >= 15 is 0 Å². The molecule has 0 aromatic rings. The zero-order valence-electron chi connectivity index (χ0n) is 9.65. The zero-order chi connectivity index (χ0) is 10.5. The molecule has 16 heavy (non-hydrogen) atoms. The highest BCUT2D eigenvalue weighted by atomic mass is 35.5. The standard InChI is InChI=1S/C12H20N2O.ClH/c13-9-3-6-14(8-9)11(15)10-7-12(10)4-1-2-5-12;/h9-10H,1-8,13H2;1H/t9-,10?;/m1./s1. The Balaban J connectivity index is 0.000000963. The monoisotopic (exact) mass is 244 g/mol. The van der Waals surface area contributed by atoms with Gasteiger partial charge < -0.3 is 10.6 Å². The van der Waals surface area contributed by atoms with Crippen molar-refractivity contribution in [1.82, 2.24) is 4.90 Å². The smallest absolute Gasteiger partial charge is 0.226 e. The van der Waals surface area contributed by atoms with Gasteiger partial charge in [-0.15, -0.1) is 12.4 Å². The first-order chi connectivity index (χ1) is 7.21.